The van der Waals surface area contributed by atoms with Gasteiger partial charge in [0.1, 0.15) is 0 Å². The van der Waals surface area contributed by atoms with E-state index in [4.69, 9.17) is 4.74 Å². The van der Waals surface area contributed by atoms with Crippen LogP contribution in [0.2, 0.25) is 0 Å². The monoisotopic (exact) mass is 340 g/mol. The molecule has 0 aliphatic carbocycles. The van der Waals surface area contributed by atoms with Crippen LogP contribution in [0.5, 0.6) is 0 Å². The van der Waals surface area contributed by atoms with Gasteiger partial charge in [0.25, 0.3) is 0 Å². The van der Waals surface area contributed by atoms with Crippen molar-refractivity contribution >= 4 is 21.8 Å². The first-order valence-corrected chi connectivity index (χ1v) is 7.74. The largest absolute Gasteiger partial charge is 0.376 e. The van der Waals surface area contributed by atoms with Crippen molar-refractivity contribution in [2.24, 2.45) is 0 Å². The van der Waals surface area contributed by atoms with Gasteiger partial charge in [0, 0.05) is 24.2 Å². The summed E-state index contributed by atoms with van der Waals surface area (Å²) in [5.74, 6) is 0.0510. The number of nitrogens with zero attached hydrogens (tertiary/aromatic N) is 1. The van der Waals surface area contributed by atoms with Gasteiger partial charge in [-0.3, -0.25) is 9.69 Å². The SMILES string of the molecule is CN(CC(=O)NCC1CCCO1)Cc1ccccc1Br. The molecule has 1 unspecified atom stereocenters. The number of ether oxygens (including phenoxy) is 1. The molecule has 1 aromatic carbocycles. The standard InChI is InChI=1S/C15H21BrN2O2/c1-18(10-12-5-2-3-7-14(12)16)11-15(19)17-9-13-6-4-8-20-13/h2-3,5,7,13H,4,6,8-11H2,1H3,(H,17,19). The summed E-state index contributed by atoms with van der Waals surface area (Å²) in [6.07, 6.45) is 2.35. The summed E-state index contributed by atoms with van der Waals surface area (Å²) >= 11 is 3.52. The minimum Gasteiger partial charge on any atom is -0.376 e. The number of hydrogen-bond acceptors (Lipinski definition) is 3. The first-order chi connectivity index (χ1) is 9.65. The average molecular weight is 341 g/mol. The molecule has 1 aromatic rings. The Bertz CT molecular complexity index is 447. The highest BCUT2D eigenvalue weighted by Gasteiger charge is 2.16. The summed E-state index contributed by atoms with van der Waals surface area (Å²) in [6, 6.07) is 8.07. The lowest BCUT2D eigenvalue weighted by molar-refractivity contribution is -0.122. The summed E-state index contributed by atoms with van der Waals surface area (Å²) in [7, 11) is 1.95. The van der Waals surface area contributed by atoms with Crippen LogP contribution in [0.25, 0.3) is 0 Å². The second-order valence-electron chi connectivity index (χ2n) is 5.20. The first-order valence-electron chi connectivity index (χ1n) is 6.95. The molecule has 110 valence electrons. The van der Waals surface area contributed by atoms with Crippen LogP contribution in [0.1, 0.15) is 18.4 Å². The Morgan fingerprint density at radius 1 is 1.50 bits per heavy atom. The van der Waals surface area contributed by atoms with Gasteiger partial charge in [-0.2, -0.15) is 0 Å². The predicted molar refractivity (Wildman–Crippen MR) is 82.5 cm³/mol. The highest BCUT2D eigenvalue weighted by molar-refractivity contribution is 9.10. The average Bonchev–Trinajstić information content (AvgIpc) is 2.92. The van der Waals surface area contributed by atoms with E-state index < -0.39 is 0 Å². The van der Waals surface area contributed by atoms with Crippen LogP contribution >= 0.6 is 15.9 Å². The third-order valence-corrected chi connectivity index (χ3v) is 4.14. The third-order valence-electron chi connectivity index (χ3n) is 3.36. The lowest BCUT2D eigenvalue weighted by atomic mass is 10.2. The highest BCUT2D eigenvalue weighted by atomic mass is 79.9. The van der Waals surface area contributed by atoms with Crippen molar-refractivity contribution < 1.29 is 9.53 Å². The van der Waals surface area contributed by atoms with Gasteiger partial charge in [0.2, 0.25) is 5.91 Å². The molecule has 1 fully saturated rings. The van der Waals surface area contributed by atoms with E-state index in [0.29, 0.717) is 13.1 Å². The second kappa shape index (κ2) is 7.76. The number of hydrogen-bond donors (Lipinski definition) is 1. The summed E-state index contributed by atoms with van der Waals surface area (Å²) in [5.41, 5.74) is 1.18. The quantitative estimate of drug-likeness (QED) is 0.862. The Morgan fingerprint density at radius 3 is 3.00 bits per heavy atom. The fourth-order valence-electron chi connectivity index (χ4n) is 2.31. The molecule has 1 N–H and O–H groups in total. The van der Waals surface area contributed by atoms with Gasteiger partial charge in [0.05, 0.1) is 12.6 Å². The van der Waals surface area contributed by atoms with Gasteiger partial charge in [-0.05, 0) is 31.5 Å². The molecular weight excluding hydrogens is 320 g/mol. The van der Waals surface area contributed by atoms with Crippen LogP contribution in [-0.4, -0.2) is 43.7 Å². The summed E-state index contributed by atoms with van der Waals surface area (Å²) in [6.45, 7) is 2.59. The van der Waals surface area contributed by atoms with Crippen LogP contribution in [0.3, 0.4) is 0 Å². The maximum absolute atomic E-state index is 11.9. The molecular formula is C15H21BrN2O2. The number of benzene rings is 1. The number of rotatable bonds is 6. The van der Waals surface area contributed by atoms with E-state index in [9.17, 15) is 4.79 Å². The molecule has 1 aliphatic heterocycles. The van der Waals surface area contributed by atoms with E-state index in [2.05, 4.69) is 27.3 Å². The molecule has 4 nitrogen and oxygen atoms in total. The maximum Gasteiger partial charge on any atom is 0.234 e. The maximum atomic E-state index is 11.9. The molecule has 1 saturated heterocycles. The van der Waals surface area contributed by atoms with Crippen LogP contribution in [0, 0.1) is 0 Å². The fourth-order valence-corrected chi connectivity index (χ4v) is 2.72. The second-order valence-corrected chi connectivity index (χ2v) is 6.06. The van der Waals surface area contributed by atoms with Crippen LogP contribution in [0.15, 0.2) is 28.7 Å². The molecule has 2 rings (SSSR count). The summed E-state index contributed by atoms with van der Waals surface area (Å²) in [5, 5.41) is 2.94. The molecule has 0 saturated carbocycles. The number of likely N-dealkylation sites (N-methyl/N-ethyl adjacent to an activating group) is 1. The van der Waals surface area contributed by atoms with Gasteiger partial charge >= 0.3 is 0 Å². The molecule has 1 heterocycles. The molecule has 1 amide bonds. The first kappa shape index (κ1) is 15.5. The van der Waals surface area contributed by atoms with Crippen molar-refractivity contribution in [3.63, 3.8) is 0 Å². The van der Waals surface area contributed by atoms with E-state index in [0.717, 1.165) is 30.5 Å². The van der Waals surface area contributed by atoms with Crippen LogP contribution in [-0.2, 0) is 16.1 Å². The predicted octanol–water partition coefficient (Wildman–Crippen LogP) is 2.18. The molecule has 5 heteroatoms. The number of carbonyl (C=O) groups is 1. The molecule has 20 heavy (non-hydrogen) atoms. The van der Waals surface area contributed by atoms with Gasteiger partial charge < -0.3 is 10.1 Å². The number of carbonyl (C=O) groups excluding carboxylic acids is 1. The van der Waals surface area contributed by atoms with E-state index in [-0.39, 0.29) is 12.0 Å². The highest BCUT2D eigenvalue weighted by Crippen LogP contribution is 2.17. The molecule has 0 bridgehead atoms. The summed E-state index contributed by atoms with van der Waals surface area (Å²) in [4.78, 5) is 13.9. The Balaban J connectivity index is 1.72. The van der Waals surface area contributed by atoms with Crippen molar-refractivity contribution in [2.75, 3.05) is 26.7 Å². The Labute approximate surface area is 128 Å². The molecule has 0 spiro atoms. The Kier molecular flexibility index (Phi) is 6.01. The van der Waals surface area contributed by atoms with Crippen LogP contribution in [0.4, 0.5) is 0 Å². The minimum absolute atomic E-state index is 0.0510. The van der Waals surface area contributed by atoms with Crippen molar-refractivity contribution in [1.82, 2.24) is 10.2 Å². The van der Waals surface area contributed by atoms with Gasteiger partial charge in [-0.25, -0.2) is 0 Å². The van der Waals surface area contributed by atoms with Crippen molar-refractivity contribution in [3.05, 3.63) is 34.3 Å². The lowest BCUT2D eigenvalue weighted by Gasteiger charge is -2.18. The van der Waals surface area contributed by atoms with E-state index in [1.807, 2.05) is 30.1 Å². The molecule has 0 radical (unpaired) electrons. The van der Waals surface area contributed by atoms with Gasteiger partial charge in [0.15, 0.2) is 0 Å². The normalized spacial score (nSPS) is 18.4. The Hall–Kier alpha value is -0.910. The van der Waals surface area contributed by atoms with E-state index >= 15 is 0 Å². The van der Waals surface area contributed by atoms with Crippen molar-refractivity contribution in [2.45, 2.75) is 25.5 Å². The van der Waals surface area contributed by atoms with Crippen LogP contribution < -0.4 is 5.32 Å². The zero-order valence-electron chi connectivity index (χ0n) is 11.8. The fraction of sp³-hybridized carbons (Fsp3) is 0.533. The molecule has 1 atom stereocenters. The van der Waals surface area contributed by atoms with E-state index in [1.165, 1.54) is 5.56 Å². The smallest absolute Gasteiger partial charge is 0.234 e. The number of nitrogens with one attached hydrogen (secondary N) is 1. The zero-order valence-corrected chi connectivity index (χ0v) is 13.4. The minimum atomic E-state index is 0.0510. The zero-order chi connectivity index (χ0) is 14.4. The number of amides is 1. The third kappa shape index (κ3) is 4.89. The Morgan fingerprint density at radius 2 is 2.30 bits per heavy atom. The van der Waals surface area contributed by atoms with Gasteiger partial charge in [-0.1, -0.05) is 34.1 Å². The topological polar surface area (TPSA) is 41.6 Å². The van der Waals surface area contributed by atoms with E-state index in [1.54, 1.807) is 0 Å². The lowest BCUT2D eigenvalue weighted by Crippen LogP contribution is -2.38. The summed E-state index contributed by atoms with van der Waals surface area (Å²) < 4.78 is 6.56. The van der Waals surface area contributed by atoms with Gasteiger partial charge in [-0.15, -0.1) is 0 Å². The van der Waals surface area contributed by atoms with Crippen molar-refractivity contribution in [3.8, 4) is 0 Å². The number of halogens is 1. The molecule has 1 aliphatic rings. The molecule has 0 aromatic heterocycles. The van der Waals surface area contributed by atoms with Crippen molar-refractivity contribution in [1.29, 1.82) is 0 Å².